The van der Waals surface area contributed by atoms with Crippen molar-refractivity contribution in [3.05, 3.63) is 18.0 Å². The number of hydrogen-bond acceptors (Lipinski definition) is 3. The van der Waals surface area contributed by atoms with Crippen LogP contribution in [0, 0.1) is 0 Å². The molecule has 2 heterocycles. The van der Waals surface area contributed by atoms with Crippen LogP contribution in [0.3, 0.4) is 0 Å². The Morgan fingerprint density at radius 1 is 1.33 bits per heavy atom. The van der Waals surface area contributed by atoms with E-state index in [0.29, 0.717) is 19.4 Å². The van der Waals surface area contributed by atoms with Gasteiger partial charge in [-0.2, -0.15) is 5.10 Å². The third kappa shape index (κ3) is 1.77. The molecule has 6 heteroatoms. The van der Waals surface area contributed by atoms with Crippen LogP contribution in [0.5, 0.6) is 0 Å². The second-order valence-electron chi connectivity index (χ2n) is 4.61. The van der Waals surface area contributed by atoms with Gasteiger partial charge in [0.15, 0.2) is 0 Å². The second-order valence-corrected chi connectivity index (χ2v) is 4.61. The van der Waals surface area contributed by atoms with E-state index in [1.807, 2.05) is 27.1 Å². The molecule has 18 heavy (non-hydrogen) atoms. The lowest BCUT2D eigenvalue weighted by atomic mass is 9.91. The van der Waals surface area contributed by atoms with Crippen molar-refractivity contribution < 1.29 is 9.59 Å². The van der Waals surface area contributed by atoms with Gasteiger partial charge in [-0.15, -0.1) is 0 Å². The summed E-state index contributed by atoms with van der Waals surface area (Å²) < 4.78 is 1.69. The molecular formula is C12H18N4O2. The van der Waals surface area contributed by atoms with Crippen molar-refractivity contribution in [2.75, 3.05) is 0 Å². The molecular weight excluding hydrogens is 232 g/mol. The number of imide groups is 1. The first-order valence-electron chi connectivity index (χ1n) is 6.14. The second kappa shape index (κ2) is 4.44. The molecule has 0 spiro atoms. The van der Waals surface area contributed by atoms with Gasteiger partial charge in [-0.3, -0.25) is 14.8 Å². The van der Waals surface area contributed by atoms with Crippen LogP contribution in [0.25, 0.3) is 0 Å². The largest absolute Gasteiger partial charge is 0.325 e. The average Bonchev–Trinajstić information content (AvgIpc) is 2.84. The zero-order valence-corrected chi connectivity index (χ0v) is 10.9. The maximum Gasteiger partial charge on any atom is 0.325 e. The molecule has 1 aromatic rings. The number of nitrogens with one attached hydrogen (secondary N) is 1. The highest BCUT2D eigenvalue weighted by Crippen LogP contribution is 2.30. The van der Waals surface area contributed by atoms with Crippen LogP contribution < -0.4 is 5.32 Å². The van der Waals surface area contributed by atoms with Crippen molar-refractivity contribution in [3.8, 4) is 0 Å². The third-order valence-electron chi connectivity index (χ3n) is 3.67. The summed E-state index contributed by atoms with van der Waals surface area (Å²) in [4.78, 5) is 25.5. The number of carbonyl (C=O) groups is 2. The van der Waals surface area contributed by atoms with Crippen molar-refractivity contribution in [1.29, 1.82) is 0 Å². The van der Waals surface area contributed by atoms with Crippen LogP contribution in [-0.2, 0) is 18.4 Å². The number of amides is 3. The van der Waals surface area contributed by atoms with Gasteiger partial charge in [-0.25, -0.2) is 4.79 Å². The molecule has 1 N–H and O–H groups in total. The van der Waals surface area contributed by atoms with E-state index < -0.39 is 5.54 Å². The lowest BCUT2D eigenvalue weighted by Crippen LogP contribution is -2.48. The fourth-order valence-electron chi connectivity index (χ4n) is 2.51. The van der Waals surface area contributed by atoms with Gasteiger partial charge in [-0.05, 0) is 12.8 Å². The average molecular weight is 250 g/mol. The molecule has 1 fully saturated rings. The van der Waals surface area contributed by atoms with Crippen LogP contribution in [0.4, 0.5) is 4.79 Å². The summed E-state index contributed by atoms with van der Waals surface area (Å²) in [5.41, 5.74) is 0.209. The molecule has 6 nitrogen and oxygen atoms in total. The Morgan fingerprint density at radius 3 is 2.50 bits per heavy atom. The van der Waals surface area contributed by atoms with Crippen molar-refractivity contribution in [2.24, 2.45) is 7.05 Å². The summed E-state index contributed by atoms with van der Waals surface area (Å²) >= 11 is 0. The van der Waals surface area contributed by atoms with Gasteiger partial charge in [0.1, 0.15) is 5.54 Å². The molecule has 0 radical (unpaired) electrons. The van der Waals surface area contributed by atoms with Gasteiger partial charge < -0.3 is 4.90 Å². The van der Waals surface area contributed by atoms with Crippen molar-refractivity contribution in [3.63, 3.8) is 0 Å². The van der Waals surface area contributed by atoms with E-state index in [-0.39, 0.29) is 11.9 Å². The number of rotatable bonds is 4. The maximum absolute atomic E-state index is 12.0. The predicted molar refractivity (Wildman–Crippen MR) is 65.6 cm³/mol. The minimum atomic E-state index is -0.715. The summed E-state index contributed by atoms with van der Waals surface area (Å²) in [6, 6.07) is -0.312. The molecule has 0 aliphatic carbocycles. The smallest absolute Gasteiger partial charge is 0.305 e. The summed E-state index contributed by atoms with van der Waals surface area (Å²) in [6.45, 7) is 4.27. The van der Waals surface area contributed by atoms with E-state index in [1.165, 1.54) is 0 Å². The van der Waals surface area contributed by atoms with Crippen molar-refractivity contribution in [1.82, 2.24) is 20.0 Å². The molecule has 0 atom stereocenters. The molecule has 1 aliphatic rings. The third-order valence-corrected chi connectivity index (χ3v) is 3.67. The maximum atomic E-state index is 12.0. The summed E-state index contributed by atoms with van der Waals surface area (Å²) in [5, 5.41) is 6.48. The van der Waals surface area contributed by atoms with Crippen molar-refractivity contribution >= 4 is 11.9 Å². The lowest BCUT2D eigenvalue weighted by molar-refractivity contribution is -0.127. The molecule has 1 aliphatic heterocycles. The van der Waals surface area contributed by atoms with E-state index >= 15 is 0 Å². The Balaban J connectivity index is 2.29. The first kappa shape index (κ1) is 12.6. The molecule has 98 valence electrons. The van der Waals surface area contributed by atoms with Crippen LogP contribution in [0.1, 0.15) is 32.3 Å². The summed E-state index contributed by atoms with van der Waals surface area (Å²) in [6.07, 6.45) is 4.79. The molecule has 2 rings (SSSR count). The topological polar surface area (TPSA) is 67.2 Å². The molecule has 1 saturated heterocycles. The SMILES string of the molecule is CCC1(CC)C(=O)NC(=O)N1Cc1cnn(C)c1. The van der Waals surface area contributed by atoms with E-state index in [2.05, 4.69) is 10.4 Å². The Bertz CT molecular complexity index is 476. The molecule has 1 aromatic heterocycles. The minimum absolute atomic E-state index is 0.193. The Labute approximate surface area is 106 Å². The monoisotopic (exact) mass is 250 g/mol. The normalized spacial score (nSPS) is 18.3. The minimum Gasteiger partial charge on any atom is -0.305 e. The molecule has 0 aromatic carbocycles. The Morgan fingerprint density at radius 2 is 2.00 bits per heavy atom. The highest BCUT2D eigenvalue weighted by Gasteiger charge is 2.50. The lowest BCUT2D eigenvalue weighted by Gasteiger charge is -2.33. The molecule has 0 saturated carbocycles. The first-order chi connectivity index (χ1) is 8.53. The van der Waals surface area contributed by atoms with Crippen LogP contribution in [-0.4, -0.2) is 32.2 Å². The number of aromatic nitrogens is 2. The van der Waals surface area contributed by atoms with E-state index in [9.17, 15) is 9.59 Å². The fourth-order valence-corrected chi connectivity index (χ4v) is 2.51. The fraction of sp³-hybridized carbons (Fsp3) is 0.583. The Hall–Kier alpha value is -1.85. The number of aryl methyl sites for hydroxylation is 1. The number of carbonyl (C=O) groups excluding carboxylic acids is 2. The molecule has 0 unspecified atom stereocenters. The summed E-state index contributed by atoms with van der Waals surface area (Å²) in [7, 11) is 1.82. The molecule has 3 amide bonds. The van der Waals surface area contributed by atoms with Gasteiger partial charge >= 0.3 is 6.03 Å². The van der Waals surface area contributed by atoms with Gasteiger partial charge in [0, 0.05) is 18.8 Å². The van der Waals surface area contributed by atoms with Crippen LogP contribution >= 0.6 is 0 Å². The van der Waals surface area contributed by atoms with Crippen LogP contribution in [0.15, 0.2) is 12.4 Å². The standard InChI is InChI=1S/C12H18N4O2/c1-4-12(5-2)10(17)14-11(18)16(12)8-9-6-13-15(3)7-9/h6-7H,4-5,8H2,1-3H3,(H,14,17,18). The zero-order chi connectivity index (χ0) is 13.3. The van der Waals surface area contributed by atoms with Crippen LogP contribution in [0.2, 0.25) is 0 Å². The quantitative estimate of drug-likeness (QED) is 0.812. The highest BCUT2D eigenvalue weighted by molar-refractivity contribution is 6.06. The van der Waals surface area contributed by atoms with Gasteiger partial charge in [0.05, 0.1) is 12.7 Å². The van der Waals surface area contributed by atoms with Crippen molar-refractivity contribution in [2.45, 2.75) is 38.8 Å². The zero-order valence-electron chi connectivity index (χ0n) is 10.9. The highest BCUT2D eigenvalue weighted by atomic mass is 16.2. The first-order valence-corrected chi connectivity index (χ1v) is 6.14. The number of hydrogen-bond donors (Lipinski definition) is 1. The van der Waals surface area contributed by atoms with E-state index in [0.717, 1.165) is 5.56 Å². The van der Waals surface area contributed by atoms with E-state index in [4.69, 9.17) is 0 Å². The number of nitrogens with zero attached hydrogens (tertiary/aromatic N) is 3. The predicted octanol–water partition coefficient (Wildman–Crippen LogP) is 1.03. The van der Waals surface area contributed by atoms with Gasteiger partial charge in [0.25, 0.3) is 5.91 Å². The molecule has 0 bridgehead atoms. The van der Waals surface area contributed by atoms with E-state index in [1.54, 1.807) is 15.8 Å². The summed E-state index contributed by atoms with van der Waals surface area (Å²) in [5.74, 6) is -0.193. The van der Waals surface area contributed by atoms with Gasteiger partial charge in [-0.1, -0.05) is 13.8 Å². The van der Waals surface area contributed by atoms with Gasteiger partial charge in [0.2, 0.25) is 0 Å². The number of urea groups is 1. The Kier molecular flexibility index (Phi) is 3.11.